The first-order chi connectivity index (χ1) is 16.7. The van der Waals surface area contributed by atoms with Gasteiger partial charge < -0.3 is 14.8 Å². The summed E-state index contributed by atoms with van der Waals surface area (Å²) in [6.07, 6.45) is 2.71. The highest BCUT2D eigenvalue weighted by atomic mass is 32.2. The molecule has 0 spiro atoms. The molecule has 0 bridgehead atoms. The molecule has 0 aromatic heterocycles. The van der Waals surface area contributed by atoms with Gasteiger partial charge in [-0.15, -0.1) is 0 Å². The maximum absolute atomic E-state index is 13.4. The van der Waals surface area contributed by atoms with E-state index >= 15 is 0 Å². The number of ether oxygens (including phenoxy) is 2. The van der Waals surface area contributed by atoms with Gasteiger partial charge in [0, 0.05) is 18.8 Å². The van der Waals surface area contributed by atoms with Gasteiger partial charge in [0.15, 0.2) is 0 Å². The number of benzene rings is 2. The highest BCUT2D eigenvalue weighted by Gasteiger charge is 2.52. The Morgan fingerprint density at radius 1 is 1.14 bits per heavy atom. The lowest BCUT2D eigenvalue weighted by Crippen LogP contribution is -2.43. The Morgan fingerprint density at radius 2 is 1.86 bits per heavy atom. The number of esters is 1. The molecule has 2 aromatic rings. The molecule has 35 heavy (non-hydrogen) atoms. The number of anilines is 1. The van der Waals surface area contributed by atoms with Crippen LogP contribution in [0.4, 0.5) is 5.69 Å². The Kier molecular flexibility index (Phi) is 7.19. The molecule has 1 amide bonds. The van der Waals surface area contributed by atoms with E-state index in [2.05, 4.69) is 5.32 Å². The van der Waals surface area contributed by atoms with Crippen molar-refractivity contribution in [3.8, 4) is 5.75 Å². The van der Waals surface area contributed by atoms with Gasteiger partial charge >= 0.3 is 5.97 Å². The van der Waals surface area contributed by atoms with Crippen LogP contribution in [0.1, 0.15) is 43.7 Å². The van der Waals surface area contributed by atoms with E-state index in [-0.39, 0.29) is 23.3 Å². The van der Waals surface area contributed by atoms with E-state index in [1.54, 1.807) is 37.3 Å². The van der Waals surface area contributed by atoms with E-state index in [1.807, 2.05) is 19.1 Å². The highest BCUT2D eigenvalue weighted by Crippen LogP contribution is 2.49. The summed E-state index contributed by atoms with van der Waals surface area (Å²) in [5.74, 6) is -0.604. The predicted molar refractivity (Wildman–Crippen MR) is 132 cm³/mol. The number of aryl methyl sites for hydroxylation is 1. The van der Waals surface area contributed by atoms with E-state index in [9.17, 15) is 18.0 Å². The molecule has 1 saturated heterocycles. The van der Waals surface area contributed by atoms with Crippen LogP contribution < -0.4 is 10.1 Å². The molecule has 188 valence electrons. The number of sulfonamides is 1. The van der Waals surface area contributed by atoms with Crippen molar-refractivity contribution in [3.05, 3.63) is 53.6 Å². The van der Waals surface area contributed by atoms with Gasteiger partial charge in [0.05, 0.1) is 25.0 Å². The summed E-state index contributed by atoms with van der Waals surface area (Å²) in [5, 5.41) is 2.91. The van der Waals surface area contributed by atoms with Crippen molar-refractivity contribution in [2.24, 2.45) is 5.92 Å². The second-order valence-electron chi connectivity index (χ2n) is 9.23. The van der Waals surface area contributed by atoms with Gasteiger partial charge in [0.1, 0.15) is 10.6 Å². The molecule has 8 nitrogen and oxygen atoms in total. The first kappa shape index (κ1) is 25.2. The zero-order valence-electron chi connectivity index (χ0n) is 20.4. The minimum atomic E-state index is -3.81. The number of hydrogen-bond acceptors (Lipinski definition) is 6. The zero-order chi connectivity index (χ0) is 25.2. The number of nitrogens with zero attached hydrogens (tertiary/aromatic N) is 1. The standard InChI is InChI=1S/C26H32N2O6S/c1-4-34-25(30)26(13-14-26)20-8-10-21(11-9-20)27-24(29)19-6-5-15-28(17-19)35(31,32)23-16-18(2)7-12-22(23)33-3/h7-12,16,19H,4-6,13-15,17H2,1-3H3,(H,27,29)/t19-/m1/s1. The summed E-state index contributed by atoms with van der Waals surface area (Å²) in [5.41, 5.74) is 1.75. The second kappa shape index (κ2) is 9.99. The number of amides is 1. The van der Waals surface area contributed by atoms with Crippen molar-refractivity contribution in [3.63, 3.8) is 0 Å². The van der Waals surface area contributed by atoms with Crippen LogP contribution in [-0.4, -0.2) is 51.4 Å². The fraction of sp³-hybridized carbons (Fsp3) is 0.462. The number of rotatable bonds is 8. The van der Waals surface area contributed by atoms with Crippen molar-refractivity contribution >= 4 is 27.6 Å². The molecule has 1 aliphatic heterocycles. The Hall–Kier alpha value is -2.91. The molecule has 1 aliphatic carbocycles. The second-order valence-corrected chi connectivity index (χ2v) is 11.1. The van der Waals surface area contributed by atoms with Gasteiger partial charge in [0.2, 0.25) is 15.9 Å². The Bertz CT molecular complexity index is 1200. The number of methoxy groups -OCH3 is 1. The van der Waals surface area contributed by atoms with Gasteiger partial charge in [-0.25, -0.2) is 8.42 Å². The number of carbonyl (C=O) groups is 2. The lowest BCUT2D eigenvalue weighted by Gasteiger charge is -2.31. The topological polar surface area (TPSA) is 102 Å². The SMILES string of the molecule is CCOC(=O)C1(c2ccc(NC(=O)[C@@H]3CCCN(S(=O)(=O)c4cc(C)ccc4OC)C3)cc2)CC1. The third kappa shape index (κ3) is 5.06. The first-order valence-electron chi connectivity index (χ1n) is 11.9. The first-order valence-corrected chi connectivity index (χ1v) is 13.4. The molecule has 2 fully saturated rings. The largest absolute Gasteiger partial charge is 0.495 e. The summed E-state index contributed by atoms with van der Waals surface area (Å²) >= 11 is 0. The van der Waals surface area contributed by atoms with Crippen molar-refractivity contribution in [2.75, 3.05) is 32.1 Å². The van der Waals surface area contributed by atoms with Crippen molar-refractivity contribution in [2.45, 2.75) is 49.8 Å². The maximum Gasteiger partial charge on any atom is 0.316 e. The Balaban J connectivity index is 1.44. The summed E-state index contributed by atoms with van der Waals surface area (Å²) in [6, 6.07) is 12.3. The average Bonchev–Trinajstić information content (AvgIpc) is 3.67. The van der Waals surface area contributed by atoms with Crippen molar-refractivity contribution < 1.29 is 27.5 Å². The molecule has 4 rings (SSSR count). The monoisotopic (exact) mass is 500 g/mol. The van der Waals surface area contributed by atoms with Crippen LogP contribution >= 0.6 is 0 Å². The molecular weight excluding hydrogens is 468 g/mol. The molecule has 1 saturated carbocycles. The highest BCUT2D eigenvalue weighted by molar-refractivity contribution is 7.89. The van der Waals surface area contributed by atoms with E-state index in [1.165, 1.54) is 11.4 Å². The number of nitrogens with one attached hydrogen (secondary N) is 1. The Labute approximate surface area is 206 Å². The number of piperidine rings is 1. The molecule has 2 aromatic carbocycles. The van der Waals surface area contributed by atoms with E-state index < -0.39 is 21.4 Å². The summed E-state index contributed by atoms with van der Waals surface area (Å²) in [6.45, 7) is 4.43. The fourth-order valence-corrected chi connectivity index (χ4v) is 6.39. The minimum Gasteiger partial charge on any atom is -0.495 e. The van der Waals surface area contributed by atoms with Gasteiger partial charge in [-0.1, -0.05) is 18.2 Å². The van der Waals surface area contributed by atoms with Crippen LogP contribution in [0.2, 0.25) is 0 Å². The van der Waals surface area contributed by atoms with Gasteiger partial charge in [-0.3, -0.25) is 9.59 Å². The molecule has 0 radical (unpaired) electrons. The zero-order valence-corrected chi connectivity index (χ0v) is 21.2. The van der Waals surface area contributed by atoms with Crippen LogP contribution in [0.3, 0.4) is 0 Å². The number of hydrogen-bond donors (Lipinski definition) is 1. The summed E-state index contributed by atoms with van der Waals surface area (Å²) in [7, 11) is -2.37. The Morgan fingerprint density at radius 3 is 2.49 bits per heavy atom. The van der Waals surface area contributed by atoms with E-state index in [0.29, 0.717) is 37.4 Å². The van der Waals surface area contributed by atoms with Gasteiger partial charge in [0.25, 0.3) is 0 Å². The normalized spacial score (nSPS) is 19.6. The lowest BCUT2D eigenvalue weighted by molar-refractivity contribution is -0.146. The molecule has 0 unspecified atom stereocenters. The van der Waals surface area contributed by atoms with Gasteiger partial charge in [-0.05, 0) is 74.9 Å². The summed E-state index contributed by atoms with van der Waals surface area (Å²) < 4.78 is 38.6. The van der Waals surface area contributed by atoms with Crippen LogP contribution in [0.15, 0.2) is 47.4 Å². The smallest absolute Gasteiger partial charge is 0.316 e. The quantitative estimate of drug-likeness (QED) is 0.556. The molecule has 2 aliphatic rings. The predicted octanol–water partition coefficient (Wildman–Crippen LogP) is 3.64. The van der Waals surface area contributed by atoms with Crippen LogP contribution in [0.25, 0.3) is 0 Å². The van der Waals surface area contributed by atoms with Gasteiger partial charge in [-0.2, -0.15) is 4.31 Å². The number of carbonyl (C=O) groups excluding carboxylic acids is 2. The lowest BCUT2D eigenvalue weighted by atomic mass is 9.95. The van der Waals surface area contributed by atoms with Crippen LogP contribution in [-0.2, 0) is 29.8 Å². The summed E-state index contributed by atoms with van der Waals surface area (Å²) in [4.78, 5) is 25.4. The fourth-order valence-electron chi connectivity index (χ4n) is 4.62. The molecule has 1 N–H and O–H groups in total. The third-order valence-corrected chi connectivity index (χ3v) is 8.70. The van der Waals surface area contributed by atoms with Crippen LogP contribution in [0, 0.1) is 12.8 Å². The molecule has 1 heterocycles. The van der Waals surface area contributed by atoms with E-state index in [4.69, 9.17) is 9.47 Å². The van der Waals surface area contributed by atoms with E-state index in [0.717, 1.165) is 24.0 Å². The molecular formula is C26H32N2O6S. The average molecular weight is 501 g/mol. The maximum atomic E-state index is 13.4. The molecule has 1 atom stereocenters. The minimum absolute atomic E-state index is 0.106. The third-order valence-electron chi connectivity index (χ3n) is 6.81. The molecule has 9 heteroatoms. The van der Waals surface area contributed by atoms with Crippen molar-refractivity contribution in [1.29, 1.82) is 0 Å². The van der Waals surface area contributed by atoms with Crippen LogP contribution in [0.5, 0.6) is 5.75 Å². The van der Waals surface area contributed by atoms with Crippen molar-refractivity contribution in [1.82, 2.24) is 4.31 Å².